The molecule has 0 aromatic heterocycles. The number of anilines is 1. The van der Waals surface area contributed by atoms with Gasteiger partial charge >= 0.3 is 0 Å². The van der Waals surface area contributed by atoms with E-state index in [2.05, 4.69) is 4.72 Å². The van der Waals surface area contributed by atoms with Crippen molar-refractivity contribution in [2.75, 3.05) is 30.3 Å². The molecule has 3 rings (SSSR count). The zero-order chi connectivity index (χ0) is 22.8. The Balaban J connectivity index is 1.64. The number of piperidine rings is 1. The molecule has 0 radical (unpaired) electrons. The molecule has 0 atom stereocenters. The zero-order valence-corrected chi connectivity index (χ0v) is 19.6. The fourth-order valence-electron chi connectivity index (χ4n) is 3.85. The lowest BCUT2D eigenvalue weighted by atomic mass is 9.89. The van der Waals surface area contributed by atoms with Crippen molar-refractivity contribution in [3.63, 3.8) is 0 Å². The Morgan fingerprint density at radius 3 is 2.16 bits per heavy atom. The number of sulfone groups is 1. The summed E-state index contributed by atoms with van der Waals surface area (Å²) in [4.78, 5) is 14.7. The van der Waals surface area contributed by atoms with Gasteiger partial charge in [0.2, 0.25) is 10.0 Å². The van der Waals surface area contributed by atoms with Crippen LogP contribution in [0.2, 0.25) is 0 Å². The van der Waals surface area contributed by atoms with Gasteiger partial charge in [-0.3, -0.25) is 9.52 Å². The molecular formula is C22H28N2O5S2. The number of nitrogens with one attached hydrogen (secondary N) is 1. The average Bonchev–Trinajstić information content (AvgIpc) is 2.68. The van der Waals surface area contributed by atoms with Crippen LogP contribution in [-0.2, 0) is 25.6 Å². The SMILES string of the molecule is Cc1ccc(C(=O)N2CCC(c3ccc(CS(C)(=O)=O)cc3)CC2)cc1NS(C)(=O)=O. The minimum Gasteiger partial charge on any atom is -0.339 e. The molecule has 168 valence electrons. The van der Waals surface area contributed by atoms with Crippen molar-refractivity contribution in [2.45, 2.75) is 31.4 Å². The first kappa shape index (κ1) is 23.3. The van der Waals surface area contributed by atoms with Gasteiger partial charge in [0.1, 0.15) is 0 Å². The highest BCUT2D eigenvalue weighted by atomic mass is 32.2. The number of benzene rings is 2. The monoisotopic (exact) mass is 464 g/mol. The summed E-state index contributed by atoms with van der Waals surface area (Å²) < 4.78 is 48.5. The molecule has 1 aliphatic heterocycles. The topological polar surface area (TPSA) is 101 Å². The van der Waals surface area contributed by atoms with Gasteiger partial charge < -0.3 is 4.90 Å². The van der Waals surface area contributed by atoms with E-state index in [-0.39, 0.29) is 11.7 Å². The summed E-state index contributed by atoms with van der Waals surface area (Å²) in [5.41, 5.74) is 3.55. The first-order valence-corrected chi connectivity index (χ1v) is 14.0. The van der Waals surface area contributed by atoms with E-state index in [0.717, 1.165) is 35.8 Å². The largest absolute Gasteiger partial charge is 0.339 e. The third-order valence-corrected chi connectivity index (χ3v) is 6.89. The second-order valence-electron chi connectivity index (χ2n) is 8.28. The van der Waals surface area contributed by atoms with E-state index in [1.807, 2.05) is 24.3 Å². The number of sulfonamides is 1. The summed E-state index contributed by atoms with van der Waals surface area (Å²) in [5.74, 6) is 0.239. The molecule has 7 nitrogen and oxygen atoms in total. The summed E-state index contributed by atoms with van der Waals surface area (Å²) in [6, 6.07) is 12.7. The van der Waals surface area contributed by atoms with Crippen LogP contribution in [0.3, 0.4) is 0 Å². The Hall–Kier alpha value is -2.39. The van der Waals surface area contributed by atoms with E-state index >= 15 is 0 Å². The maximum Gasteiger partial charge on any atom is 0.253 e. The van der Waals surface area contributed by atoms with Crippen LogP contribution in [0.15, 0.2) is 42.5 Å². The number of hydrogen-bond acceptors (Lipinski definition) is 5. The maximum absolute atomic E-state index is 12.9. The van der Waals surface area contributed by atoms with E-state index in [1.165, 1.54) is 6.26 Å². The maximum atomic E-state index is 12.9. The van der Waals surface area contributed by atoms with Crippen LogP contribution < -0.4 is 4.72 Å². The van der Waals surface area contributed by atoms with Crippen LogP contribution in [0.25, 0.3) is 0 Å². The molecule has 0 bridgehead atoms. The Labute approximate surface area is 184 Å². The van der Waals surface area contributed by atoms with Crippen LogP contribution in [0, 0.1) is 6.92 Å². The molecule has 1 N–H and O–H groups in total. The second kappa shape index (κ2) is 9.00. The molecule has 2 aromatic rings. The van der Waals surface area contributed by atoms with Gasteiger partial charge in [-0.25, -0.2) is 16.8 Å². The van der Waals surface area contributed by atoms with Crippen molar-refractivity contribution in [1.29, 1.82) is 0 Å². The molecule has 1 amide bonds. The Morgan fingerprint density at radius 1 is 1.00 bits per heavy atom. The molecule has 0 unspecified atom stereocenters. The van der Waals surface area contributed by atoms with Gasteiger partial charge in [0.05, 0.1) is 17.7 Å². The molecule has 2 aromatic carbocycles. The number of aryl methyl sites for hydroxylation is 1. The second-order valence-corrected chi connectivity index (χ2v) is 12.2. The number of amides is 1. The van der Waals surface area contributed by atoms with E-state index in [1.54, 1.807) is 30.0 Å². The molecule has 1 aliphatic rings. The number of carbonyl (C=O) groups is 1. The molecule has 0 aliphatic carbocycles. The normalized spacial score (nSPS) is 15.6. The van der Waals surface area contributed by atoms with Crippen LogP contribution >= 0.6 is 0 Å². The van der Waals surface area contributed by atoms with E-state index in [0.29, 0.717) is 30.3 Å². The van der Waals surface area contributed by atoms with Gasteiger partial charge in [-0.2, -0.15) is 0 Å². The van der Waals surface area contributed by atoms with Crippen molar-refractivity contribution in [2.24, 2.45) is 0 Å². The number of likely N-dealkylation sites (tertiary alicyclic amines) is 1. The minimum atomic E-state index is -3.43. The van der Waals surface area contributed by atoms with Gasteiger partial charge in [0.25, 0.3) is 5.91 Å². The first-order valence-electron chi connectivity index (χ1n) is 10.1. The zero-order valence-electron chi connectivity index (χ0n) is 18.0. The fraction of sp³-hybridized carbons (Fsp3) is 0.409. The Morgan fingerprint density at radius 2 is 1.61 bits per heavy atom. The summed E-state index contributed by atoms with van der Waals surface area (Å²) in [6.07, 6.45) is 3.94. The average molecular weight is 465 g/mol. The van der Waals surface area contributed by atoms with Gasteiger partial charge in [-0.15, -0.1) is 0 Å². The predicted molar refractivity (Wildman–Crippen MR) is 123 cm³/mol. The Bertz CT molecular complexity index is 1160. The smallest absolute Gasteiger partial charge is 0.253 e. The molecular weight excluding hydrogens is 436 g/mol. The summed E-state index contributed by atoms with van der Waals surface area (Å²) in [5, 5.41) is 0. The van der Waals surface area contributed by atoms with Crippen molar-refractivity contribution in [3.8, 4) is 0 Å². The number of nitrogens with zero attached hydrogens (tertiary/aromatic N) is 1. The molecule has 31 heavy (non-hydrogen) atoms. The summed E-state index contributed by atoms with van der Waals surface area (Å²) in [7, 11) is -6.48. The van der Waals surface area contributed by atoms with Gasteiger partial charge in [0.15, 0.2) is 9.84 Å². The standard InChI is InChI=1S/C22H28N2O5S2/c1-16-4-7-20(14-21(16)23-31(3,28)29)22(25)24-12-10-19(11-13-24)18-8-5-17(6-9-18)15-30(2,26)27/h4-9,14,19,23H,10-13,15H2,1-3H3. The molecule has 0 saturated carbocycles. The number of carbonyl (C=O) groups excluding carboxylic acids is 1. The molecule has 1 fully saturated rings. The highest BCUT2D eigenvalue weighted by Crippen LogP contribution is 2.29. The highest BCUT2D eigenvalue weighted by Gasteiger charge is 2.25. The van der Waals surface area contributed by atoms with Crippen LogP contribution in [0.1, 0.15) is 45.8 Å². The lowest BCUT2D eigenvalue weighted by molar-refractivity contribution is 0.0713. The van der Waals surface area contributed by atoms with Crippen molar-refractivity contribution in [1.82, 2.24) is 4.90 Å². The third kappa shape index (κ3) is 6.54. The van der Waals surface area contributed by atoms with Gasteiger partial charge in [-0.05, 0) is 54.5 Å². The fourth-order valence-corrected chi connectivity index (χ4v) is 5.27. The van der Waals surface area contributed by atoms with Crippen LogP contribution in [0.5, 0.6) is 0 Å². The van der Waals surface area contributed by atoms with Gasteiger partial charge in [0, 0.05) is 24.9 Å². The summed E-state index contributed by atoms with van der Waals surface area (Å²) >= 11 is 0. The first-order chi connectivity index (χ1) is 14.4. The molecule has 9 heteroatoms. The minimum absolute atomic E-state index is 0.0347. The van der Waals surface area contributed by atoms with E-state index in [4.69, 9.17) is 0 Å². The third-order valence-electron chi connectivity index (χ3n) is 5.44. The molecule has 0 spiro atoms. The van der Waals surface area contributed by atoms with E-state index < -0.39 is 19.9 Å². The Kier molecular flexibility index (Phi) is 6.76. The molecule has 1 heterocycles. The quantitative estimate of drug-likeness (QED) is 0.708. The van der Waals surface area contributed by atoms with Crippen LogP contribution in [0.4, 0.5) is 5.69 Å². The highest BCUT2D eigenvalue weighted by molar-refractivity contribution is 7.92. The molecule has 1 saturated heterocycles. The van der Waals surface area contributed by atoms with Crippen LogP contribution in [-0.4, -0.2) is 53.2 Å². The van der Waals surface area contributed by atoms with Crippen molar-refractivity contribution < 1.29 is 21.6 Å². The van der Waals surface area contributed by atoms with E-state index in [9.17, 15) is 21.6 Å². The number of hydrogen-bond donors (Lipinski definition) is 1. The van der Waals surface area contributed by atoms with Gasteiger partial charge in [-0.1, -0.05) is 30.3 Å². The number of rotatable bonds is 6. The lowest BCUT2D eigenvalue weighted by Gasteiger charge is -2.32. The van der Waals surface area contributed by atoms with Crippen molar-refractivity contribution >= 4 is 31.5 Å². The lowest BCUT2D eigenvalue weighted by Crippen LogP contribution is -2.38. The predicted octanol–water partition coefficient (Wildman–Crippen LogP) is 2.93. The summed E-state index contributed by atoms with van der Waals surface area (Å²) in [6.45, 7) is 3.00. The van der Waals surface area contributed by atoms with Crippen molar-refractivity contribution in [3.05, 3.63) is 64.7 Å².